The second-order valence-electron chi connectivity index (χ2n) is 2.58. The average Bonchev–Trinajstić information content (AvgIpc) is 2.07. The van der Waals surface area contributed by atoms with Crippen LogP contribution in [0.3, 0.4) is 0 Å². The lowest BCUT2D eigenvalue weighted by Gasteiger charge is -2.01. The molecule has 1 aromatic carbocycles. The van der Waals surface area contributed by atoms with Gasteiger partial charge in [0.05, 0.1) is 10.5 Å². The van der Waals surface area contributed by atoms with Gasteiger partial charge in [-0.3, -0.25) is 4.98 Å². The predicted molar refractivity (Wildman–Crippen MR) is 54.4 cm³/mol. The van der Waals surface area contributed by atoms with E-state index in [1.54, 1.807) is 12.3 Å². The van der Waals surface area contributed by atoms with Crippen LogP contribution in [-0.4, -0.2) is 4.98 Å². The van der Waals surface area contributed by atoms with Gasteiger partial charge in [-0.15, -0.1) is 0 Å². The standard InChI is InChI=1S/C9H4BrClFN/c10-7-1-2-13-9-6(7)3-5(12)4-8(9)11/h1-4H. The summed E-state index contributed by atoms with van der Waals surface area (Å²) in [6, 6.07) is 4.40. The Morgan fingerprint density at radius 2 is 2.15 bits per heavy atom. The van der Waals surface area contributed by atoms with E-state index in [0.717, 1.165) is 4.47 Å². The molecule has 0 radical (unpaired) electrons. The molecule has 2 rings (SSSR count). The van der Waals surface area contributed by atoms with Gasteiger partial charge in [0, 0.05) is 16.1 Å². The molecule has 0 atom stereocenters. The molecule has 4 heteroatoms. The Bertz CT molecular complexity index is 472. The van der Waals surface area contributed by atoms with Crippen molar-refractivity contribution in [3.05, 3.63) is 39.7 Å². The molecule has 0 N–H and O–H groups in total. The van der Waals surface area contributed by atoms with Gasteiger partial charge < -0.3 is 0 Å². The average molecular weight is 260 g/mol. The molecule has 1 heterocycles. The van der Waals surface area contributed by atoms with Gasteiger partial charge >= 0.3 is 0 Å². The van der Waals surface area contributed by atoms with Crippen LogP contribution in [0, 0.1) is 5.82 Å². The highest BCUT2D eigenvalue weighted by Gasteiger charge is 2.05. The third-order valence-electron chi connectivity index (χ3n) is 1.71. The van der Waals surface area contributed by atoms with Gasteiger partial charge in [-0.25, -0.2) is 4.39 Å². The predicted octanol–water partition coefficient (Wildman–Crippen LogP) is 3.79. The maximum Gasteiger partial charge on any atom is 0.125 e. The van der Waals surface area contributed by atoms with Crippen molar-refractivity contribution in [2.75, 3.05) is 0 Å². The van der Waals surface area contributed by atoms with Crippen molar-refractivity contribution in [1.82, 2.24) is 4.98 Å². The van der Waals surface area contributed by atoms with Crippen molar-refractivity contribution in [3.8, 4) is 0 Å². The Hall–Kier alpha value is -0.670. The molecule has 0 amide bonds. The van der Waals surface area contributed by atoms with Crippen LogP contribution < -0.4 is 0 Å². The first-order valence-electron chi connectivity index (χ1n) is 3.58. The van der Waals surface area contributed by atoms with Crippen LogP contribution in [0.1, 0.15) is 0 Å². The number of pyridine rings is 1. The molecule has 66 valence electrons. The van der Waals surface area contributed by atoms with E-state index in [1.807, 2.05) is 0 Å². The van der Waals surface area contributed by atoms with Crippen molar-refractivity contribution in [2.45, 2.75) is 0 Å². The summed E-state index contributed by atoms with van der Waals surface area (Å²) in [5.74, 6) is -0.355. The summed E-state index contributed by atoms with van der Waals surface area (Å²) in [7, 11) is 0. The molecule has 13 heavy (non-hydrogen) atoms. The zero-order valence-electron chi connectivity index (χ0n) is 6.39. The number of benzene rings is 1. The molecular formula is C9H4BrClFN. The van der Waals surface area contributed by atoms with E-state index in [9.17, 15) is 4.39 Å². The van der Waals surface area contributed by atoms with Crippen molar-refractivity contribution >= 4 is 38.4 Å². The molecule has 0 unspecified atom stereocenters. The van der Waals surface area contributed by atoms with Crippen LogP contribution in [-0.2, 0) is 0 Å². The van der Waals surface area contributed by atoms with Crippen LogP contribution >= 0.6 is 27.5 Å². The molecule has 2 aromatic rings. The Kier molecular flexibility index (Phi) is 2.22. The lowest BCUT2D eigenvalue weighted by molar-refractivity contribution is 0.629. The van der Waals surface area contributed by atoms with E-state index in [4.69, 9.17) is 11.6 Å². The number of hydrogen-bond acceptors (Lipinski definition) is 1. The molecular weight excluding hydrogens is 256 g/mol. The lowest BCUT2D eigenvalue weighted by Crippen LogP contribution is -1.83. The molecule has 0 aliphatic rings. The molecule has 0 aliphatic heterocycles. The fourth-order valence-corrected chi connectivity index (χ4v) is 1.82. The Labute approximate surface area is 87.7 Å². The number of hydrogen-bond donors (Lipinski definition) is 0. The summed E-state index contributed by atoms with van der Waals surface area (Å²) in [6.07, 6.45) is 1.62. The lowest BCUT2D eigenvalue weighted by atomic mass is 10.2. The van der Waals surface area contributed by atoms with Crippen LogP contribution in [0.4, 0.5) is 4.39 Å². The van der Waals surface area contributed by atoms with Gasteiger partial charge in [0.15, 0.2) is 0 Å². The van der Waals surface area contributed by atoms with E-state index in [1.165, 1.54) is 12.1 Å². The quantitative estimate of drug-likeness (QED) is 0.702. The molecule has 1 aromatic heterocycles. The molecule has 0 fully saturated rings. The van der Waals surface area contributed by atoms with E-state index < -0.39 is 0 Å². The molecule has 0 bridgehead atoms. The van der Waals surface area contributed by atoms with Crippen LogP contribution in [0.25, 0.3) is 10.9 Å². The highest BCUT2D eigenvalue weighted by Crippen LogP contribution is 2.28. The number of fused-ring (bicyclic) bond motifs is 1. The zero-order valence-corrected chi connectivity index (χ0v) is 8.73. The first-order valence-corrected chi connectivity index (χ1v) is 4.75. The summed E-state index contributed by atoms with van der Waals surface area (Å²) < 4.78 is 13.7. The fourth-order valence-electron chi connectivity index (χ4n) is 1.15. The zero-order chi connectivity index (χ0) is 9.42. The number of aromatic nitrogens is 1. The first kappa shape index (κ1) is 8.91. The third kappa shape index (κ3) is 1.54. The minimum absolute atomic E-state index is 0.330. The van der Waals surface area contributed by atoms with Crippen molar-refractivity contribution in [1.29, 1.82) is 0 Å². The van der Waals surface area contributed by atoms with Gasteiger partial charge in [0.2, 0.25) is 0 Å². The monoisotopic (exact) mass is 259 g/mol. The smallest absolute Gasteiger partial charge is 0.125 e. The molecule has 0 saturated heterocycles. The second-order valence-corrected chi connectivity index (χ2v) is 3.84. The highest BCUT2D eigenvalue weighted by atomic mass is 79.9. The second kappa shape index (κ2) is 3.24. The van der Waals surface area contributed by atoms with Crippen LogP contribution in [0.2, 0.25) is 5.02 Å². The van der Waals surface area contributed by atoms with Crippen molar-refractivity contribution in [2.24, 2.45) is 0 Å². The summed E-state index contributed by atoms with van der Waals surface area (Å²) in [4.78, 5) is 4.05. The SMILES string of the molecule is Fc1cc(Cl)c2nccc(Br)c2c1. The summed E-state index contributed by atoms with van der Waals surface area (Å²) >= 11 is 9.11. The van der Waals surface area contributed by atoms with Gasteiger partial charge in [-0.05, 0) is 18.2 Å². The molecule has 0 spiro atoms. The number of halogens is 3. The summed E-state index contributed by atoms with van der Waals surface area (Å²) in [5.41, 5.74) is 0.609. The van der Waals surface area contributed by atoms with Crippen LogP contribution in [0.5, 0.6) is 0 Å². The summed E-state index contributed by atoms with van der Waals surface area (Å²) in [5, 5.41) is 1.02. The Balaban J connectivity index is 2.94. The third-order valence-corrected chi connectivity index (χ3v) is 2.69. The van der Waals surface area contributed by atoms with Gasteiger partial charge in [-0.2, -0.15) is 0 Å². The topological polar surface area (TPSA) is 12.9 Å². The molecule has 0 saturated carbocycles. The molecule has 0 aliphatic carbocycles. The van der Waals surface area contributed by atoms with E-state index in [-0.39, 0.29) is 5.82 Å². The maximum absolute atomic E-state index is 12.9. The number of rotatable bonds is 0. The van der Waals surface area contributed by atoms with E-state index in [2.05, 4.69) is 20.9 Å². The first-order chi connectivity index (χ1) is 6.18. The normalized spacial score (nSPS) is 10.7. The van der Waals surface area contributed by atoms with Crippen LogP contribution in [0.15, 0.2) is 28.9 Å². The van der Waals surface area contributed by atoms with E-state index >= 15 is 0 Å². The highest BCUT2D eigenvalue weighted by molar-refractivity contribution is 9.10. The Morgan fingerprint density at radius 1 is 1.38 bits per heavy atom. The minimum Gasteiger partial charge on any atom is -0.255 e. The Morgan fingerprint density at radius 3 is 2.92 bits per heavy atom. The van der Waals surface area contributed by atoms with Gasteiger partial charge in [0.25, 0.3) is 0 Å². The maximum atomic E-state index is 12.9. The minimum atomic E-state index is -0.355. The van der Waals surface area contributed by atoms with Crippen molar-refractivity contribution in [3.63, 3.8) is 0 Å². The fraction of sp³-hybridized carbons (Fsp3) is 0. The van der Waals surface area contributed by atoms with Crippen molar-refractivity contribution < 1.29 is 4.39 Å². The largest absolute Gasteiger partial charge is 0.255 e. The summed E-state index contributed by atoms with van der Waals surface area (Å²) in [6.45, 7) is 0. The van der Waals surface area contributed by atoms with Gasteiger partial charge in [-0.1, -0.05) is 27.5 Å². The molecule has 1 nitrogen and oxygen atoms in total. The van der Waals surface area contributed by atoms with E-state index in [0.29, 0.717) is 15.9 Å². The van der Waals surface area contributed by atoms with Gasteiger partial charge in [0.1, 0.15) is 5.82 Å². The number of nitrogens with zero attached hydrogens (tertiary/aromatic N) is 1.